The number of hydrogen-bond acceptors (Lipinski definition) is 4. The maximum absolute atomic E-state index is 11.6. The Hall–Kier alpha value is -1.39. The van der Waals surface area contributed by atoms with Crippen molar-refractivity contribution in [3.05, 3.63) is 0 Å². The minimum Gasteiger partial charge on any atom is -0.468 e. The van der Waals surface area contributed by atoms with Crippen molar-refractivity contribution in [3.63, 3.8) is 0 Å². The summed E-state index contributed by atoms with van der Waals surface area (Å²) in [6.45, 7) is 1.89. The summed E-state index contributed by atoms with van der Waals surface area (Å²) in [6, 6.07) is -0.153. The monoisotopic (exact) mass is 213 g/mol. The van der Waals surface area contributed by atoms with E-state index in [1.165, 1.54) is 7.11 Å². The maximum atomic E-state index is 11.6. The third kappa shape index (κ3) is 2.78. The molecule has 0 aromatic heterocycles. The third-order valence-electron chi connectivity index (χ3n) is 2.57. The molecule has 5 heteroatoms. The Labute approximate surface area is 88.2 Å². The Morgan fingerprint density at radius 1 is 1.47 bits per heavy atom. The second-order valence-corrected chi connectivity index (χ2v) is 3.62. The van der Waals surface area contributed by atoms with Gasteiger partial charge in [-0.3, -0.25) is 14.4 Å². The first kappa shape index (κ1) is 11.7. The summed E-state index contributed by atoms with van der Waals surface area (Å²) < 4.78 is 4.49. The van der Waals surface area contributed by atoms with Gasteiger partial charge in [0.05, 0.1) is 7.11 Å². The van der Waals surface area contributed by atoms with Gasteiger partial charge in [-0.25, -0.2) is 0 Å². The first-order valence-electron chi connectivity index (χ1n) is 4.98. The quantitative estimate of drug-likeness (QED) is 0.519. The third-order valence-corrected chi connectivity index (χ3v) is 2.57. The summed E-state index contributed by atoms with van der Waals surface area (Å²) in [7, 11) is 1.22. The van der Waals surface area contributed by atoms with Gasteiger partial charge in [0.1, 0.15) is 11.7 Å². The summed E-state index contributed by atoms with van der Waals surface area (Å²) in [4.78, 5) is 34.2. The van der Waals surface area contributed by atoms with Crippen molar-refractivity contribution in [2.45, 2.75) is 32.2 Å². The Morgan fingerprint density at radius 2 is 2.13 bits per heavy atom. The summed E-state index contributed by atoms with van der Waals surface area (Å²) >= 11 is 0. The molecule has 1 saturated heterocycles. The van der Waals surface area contributed by atoms with Gasteiger partial charge in [-0.05, 0) is 6.42 Å². The lowest BCUT2D eigenvalue weighted by Crippen LogP contribution is -2.32. The van der Waals surface area contributed by atoms with Crippen LogP contribution in [0.5, 0.6) is 0 Å². The van der Waals surface area contributed by atoms with Crippen LogP contribution in [-0.4, -0.2) is 30.8 Å². The van der Waals surface area contributed by atoms with Crippen molar-refractivity contribution < 1.29 is 19.1 Å². The van der Waals surface area contributed by atoms with Gasteiger partial charge in [-0.1, -0.05) is 6.92 Å². The zero-order valence-electron chi connectivity index (χ0n) is 8.91. The normalized spacial score (nSPS) is 26.8. The average molecular weight is 213 g/mol. The molecule has 84 valence electrons. The predicted octanol–water partition coefficient (Wildman–Crippen LogP) is 0.0333. The highest BCUT2D eigenvalue weighted by Gasteiger charge is 2.34. The van der Waals surface area contributed by atoms with Gasteiger partial charge in [0.15, 0.2) is 0 Å². The number of nitrogens with one attached hydrogen (secondary N) is 1. The molecule has 15 heavy (non-hydrogen) atoms. The second-order valence-electron chi connectivity index (χ2n) is 3.62. The molecule has 0 radical (unpaired) electrons. The zero-order chi connectivity index (χ0) is 11.4. The number of ether oxygens (including phenoxy) is 1. The van der Waals surface area contributed by atoms with Gasteiger partial charge < -0.3 is 10.1 Å². The van der Waals surface area contributed by atoms with Crippen molar-refractivity contribution in [2.75, 3.05) is 7.11 Å². The largest absolute Gasteiger partial charge is 0.468 e. The van der Waals surface area contributed by atoms with Crippen LogP contribution in [0.15, 0.2) is 0 Å². The van der Waals surface area contributed by atoms with Gasteiger partial charge in [0.2, 0.25) is 5.91 Å². The molecule has 1 rings (SSSR count). The van der Waals surface area contributed by atoms with E-state index in [4.69, 9.17) is 0 Å². The van der Waals surface area contributed by atoms with Crippen LogP contribution >= 0.6 is 0 Å². The van der Waals surface area contributed by atoms with Crippen LogP contribution in [-0.2, 0) is 19.1 Å². The van der Waals surface area contributed by atoms with E-state index >= 15 is 0 Å². The molecule has 0 aliphatic carbocycles. The van der Waals surface area contributed by atoms with Gasteiger partial charge in [0, 0.05) is 18.9 Å². The smallest absolute Gasteiger partial charge is 0.316 e. The lowest BCUT2D eigenvalue weighted by molar-refractivity contribution is -0.150. The fraction of sp³-hybridized carbons (Fsp3) is 0.700. The van der Waals surface area contributed by atoms with Crippen molar-refractivity contribution in [1.82, 2.24) is 5.32 Å². The van der Waals surface area contributed by atoms with Gasteiger partial charge in [0.25, 0.3) is 0 Å². The van der Waals surface area contributed by atoms with Crippen LogP contribution in [0.1, 0.15) is 26.2 Å². The molecule has 5 nitrogen and oxygen atoms in total. The van der Waals surface area contributed by atoms with Gasteiger partial charge in [-0.15, -0.1) is 0 Å². The molecule has 1 heterocycles. The van der Waals surface area contributed by atoms with Crippen LogP contribution in [0.4, 0.5) is 0 Å². The maximum Gasteiger partial charge on any atom is 0.316 e. The van der Waals surface area contributed by atoms with E-state index in [0.717, 1.165) is 0 Å². The zero-order valence-corrected chi connectivity index (χ0v) is 8.91. The highest BCUT2D eigenvalue weighted by Crippen LogP contribution is 2.16. The van der Waals surface area contributed by atoms with Crippen molar-refractivity contribution in [3.8, 4) is 0 Å². The Morgan fingerprint density at radius 3 is 2.67 bits per heavy atom. The second kappa shape index (κ2) is 4.91. The molecule has 2 atom stereocenters. The van der Waals surface area contributed by atoms with E-state index in [1.54, 1.807) is 0 Å². The summed E-state index contributed by atoms with van der Waals surface area (Å²) in [6.07, 6.45) is 0.801. The number of carbonyl (C=O) groups is 3. The Balaban J connectivity index is 2.78. The molecule has 1 aliphatic rings. The van der Waals surface area contributed by atoms with Crippen molar-refractivity contribution >= 4 is 17.7 Å². The minimum absolute atomic E-state index is 0.0952. The topological polar surface area (TPSA) is 72.5 Å². The number of ketones is 1. The SMILES string of the molecule is CCC1CC(=O)C(C(=O)OC)CC(=O)N1. The number of amides is 1. The fourth-order valence-corrected chi connectivity index (χ4v) is 1.63. The van der Waals surface area contributed by atoms with Gasteiger partial charge >= 0.3 is 5.97 Å². The predicted molar refractivity (Wildman–Crippen MR) is 52.0 cm³/mol. The minimum atomic E-state index is -0.924. The lowest BCUT2D eigenvalue weighted by atomic mass is 9.97. The lowest BCUT2D eigenvalue weighted by Gasteiger charge is -2.11. The molecule has 0 spiro atoms. The number of hydrogen-bond donors (Lipinski definition) is 1. The molecule has 1 fully saturated rings. The number of Topliss-reactive ketones (excluding diaryl/α,β-unsaturated/α-hetero) is 1. The molecular formula is C10H15NO4. The molecule has 0 saturated carbocycles. The van der Waals surface area contributed by atoms with Crippen LogP contribution in [0.3, 0.4) is 0 Å². The van der Waals surface area contributed by atoms with E-state index in [-0.39, 0.29) is 30.6 Å². The molecule has 0 bridgehead atoms. The first-order chi connectivity index (χ1) is 7.08. The van der Waals surface area contributed by atoms with Crippen LogP contribution in [0.25, 0.3) is 0 Å². The molecule has 0 aromatic rings. The van der Waals surface area contributed by atoms with E-state index in [2.05, 4.69) is 10.1 Å². The van der Waals surface area contributed by atoms with Crippen LogP contribution in [0, 0.1) is 5.92 Å². The number of rotatable bonds is 2. The molecule has 1 N–H and O–H groups in total. The number of methoxy groups -OCH3 is 1. The molecule has 1 aliphatic heterocycles. The summed E-state index contributed by atoms with van der Waals surface area (Å²) in [5, 5.41) is 2.70. The van der Waals surface area contributed by atoms with Crippen molar-refractivity contribution in [2.24, 2.45) is 5.92 Å². The Bertz CT molecular complexity index is 287. The molecule has 1 amide bonds. The fourth-order valence-electron chi connectivity index (χ4n) is 1.63. The Kier molecular flexibility index (Phi) is 3.82. The number of esters is 1. The van der Waals surface area contributed by atoms with E-state index < -0.39 is 11.9 Å². The van der Waals surface area contributed by atoms with E-state index in [0.29, 0.717) is 6.42 Å². The molecule has 0 aromatic carbocycles. The summed E-state index contributed by atoms with van der Waals surface area (Å²) in [5.74, 6) is -2.02. The van der Waals surface area contributed by atoms with E-state index in [9.17, 15) is 14.4 Å². The summed E-state index contributed by atoms with van der Waals surface area (Å²) in [5.41, 5.74) is 0. The van der Waals surface area contributed by atoms with Crippen LogP contribution < -0.4 is 5.32 Å². The standard InChI is InChI=1S/C10H15NO4/c1-3-6-4-8(12)7(10(14)15-2)5-9(13)11-6/h6-7H,3-5H2,1-2H3,(H,11,13). The molecular weight excluding hydrogens is 198 g/mol. The van der Waals surface area contributed by atoms with Gasteiger partial charge in [-0.2, -0.15) is 0 Å². The average Bonchev–Trinajstić information content (AvgIpc) is 2.36. The van der Waals surface area contributed by atoms with Crippen LogP contribution in [0.2, 0.25) is 0 Å². The first-order valence-corrected chi connectivity index (χ1v) is 4.98. The highest BCUT2D eigenvalue weighted by molar-refractivity contribution is 6.03. The highest BCUT2D eigenvalue weighted by atomic mass is 16.5. The molecule has 2 unspecified atom stereocenters. The number of carbonyl (C=O) groups excluding carboxylic acids is 3. The van der Waals surface area contributed by atoms with E-state index in [1.807, 2.05) is 6.92 Å². The van der Waals surface area contributed by atoms with Crippen molar-refractivity contribution in [1.29, 1.82) is 0 Å².